The number of imide groups is 2. The fourth-order valence-corrected chi connectivity index (χ4v) is 21.9. The molecule has 0 radical (unpaired) electrons. The second kappa shape index (κ2) is 40.1. The van der Waals surface area contributed by atoms with Crippen molar-refractivity contribution >= 4 is 132 Å². The van der Waals surface area contributed by atoms with Crippen LogP contribution in [0.3, 0.4) is 0 Å². The van der Waals surface area contributed by atoms with Gasteiger partial charge in [-0.05, 0) is 144 Å². The lowest BCUT2D eigenvalue weighted by Gasteiger charge is -2.36. The first-order chi connectivity index (χ1) is 52.0. The molecule has 2 aliphatic heterocycles. The minimum Gasteiger partial charge on any atom is -0.274 e. The second-order valence-electron chi connectivity index (χ2n) is 32.2. The van der Waals surface area contributed by atoms with Gasteiger partial charge in [-0.15, -0.1) is 45.3 Å². The van der Waals surface area contributed by atoms with Gasteiger partial charge in [0.2, 0.25) is 0 Å². The number of aryl methyl sites for hydroxylation is 2. The molecule has 0 saturated carbocycles. The van der Waals surface area contributed by atoms with Crippen molar-refractivity contribution in [2.45, 2.75) is 311 Å². The first-order valence-corrected chi connectivity index (χ1v) is 46.0. The Hall–Kier alpha value is -6.04. The number of hydrogen-bond donors (Lipinski definition) is 0. The van der Waals surface area contributed by atoms with Gasteiger partial charge in [0.1, 0.15) is 0 Å². The summed E-state index contributed by atoms with van der Waals surface area (Å²) >= 11 is 6.94. The third-order valence-corrected chi connectivity index (χ3v) is 28.4. The van der Waals surface area contributed by atoms with E-state index in [-0.39, 0.29) is 35.5 Å². The minimum atomic E-state index is -0.306. The summed E-state index contributed by atoms with van der Waals surface area (Å²) in [5.74, 6) is -0.896. The highest BCUT2D eigenvalue weighted by molar-refractivity contribution is 7.27. The maximum atomic E-state index is 16.4. The maximum Gasteiger partial charge on any atom is 0.262 e. The SMILES string of the molecule is CCCCCCCCCCCCC(CCCCCCCCCCCC)CN1C(=O)c2cc(-c3ccc(-c4cc5c(ccc6c5ccc5c7ccc8sc(C)cc8c7ccc65)s4)s3)c3c4c(cc(-c5ccc(C)s5)c(c24)C1=O)C(=O)N(CC(CCCCCCCCCC)CCCCCCCCCCCC)C3=O. The highest BCUT2D eigenvalue weighted by Gasteiger charge is 2.44. The van der Waals surface area contributed by atoms with Gasteiger partial charge >= 0.3 is 0 Å². The zero-order chi connectivity index (χ0) is 73.7. The molecule has 0 spiro atoms. The van der Waals surface area contributed by atoms with E-state index in [9.17, 15) is 0 Å². The van der Waals surface area contributed by atoms with Gasteiger partial charge in [-0.2, -0.15) is 0 Å². The molecule has 1 unspecified atom stereocenters. The van der Waals surface area contributed by atoms with Gasteiger partial charge in [0.05, 0.1) is 11.1 Å². The van der Waals surface area contributed by atoms with Gasteiger partial charge in [-0.3, -0.25) is 29.0 Å². The Morgan fingerprint density at radius 2 is 0.575 bits per heavy atom. The van der Waals surface area contributed by atoms with Gasteiger partial charge in [0.15, 0.2) is 0 Å². The molecule has 6 aromatic carbocycles. The number of carbonyl (C=O) groups excluding carboxylic acids is 4. The Balaban J connectivity index is 0.904. The van der Waals surface area contributed by atoms with Crippen LogP contribution < -0.4 is 0 Å². The lowest BCUT2D eigenvalue weighted by molar-refractivity contribution is 0.0557. The van der Waals surface area contributed by atoms with Gasteiger partial charge in [0, 0.05) is 95.6 Å². The summed E-state index contributed by atoms with van der Waals surface area (Å²) < 4.78 is 2.54. The van der Waals surface area contributed by atoms with Crippen molar-refractivity contribution in [1.29, 1.82) is 0 Å². The molecule has 1 atom stereocenters. The van der Waals surface area contributed by atoms with Crippen molar-refractivity contribution in [3.63, 3.8) is 0 Å². The standard InChI is InChI=1S/C96H124N2O4S4/c1-7-11-15-19-23-27-30-34-38-42-46-69(47-43-39-35-31-28-24-20-16-12-8-2)65-97-94(100)82-63-80(86-59-60-87(105-86)88-64-78-76-53-51-71-72(74(76)55-58-84(78)106-88)50-52-75-73(71)54-57-83-77(75)61-68(6)104-83)92-90-81(62-79(85-56-49-67(5)103-85)91(89(82)90)95(97)101)93(99)98(96(92)102)66-70(45-41-37-33-26-22-18-14-10-4)48-44-40-36-32-29-25-21-17-13-9-3/h49-64,69-70H,7-48,65-66H2,1-6H3. The molecule has 10 heteroatoms. The highest BCUT2D eigenvalue weighted by atomic mass is 32.1. The lowest BCUT2D eigenvalue weighted by atomic mass is 9.80. The van der Waals surface area contributed by atoms with Crippen LogP contribution in [0.1, 0.15) is 349 Å². The normalized spacial score (nSPS) is 13.6. The van der Waals surface area contributed by atoms with E-state index in [0.29, 0.717) is 57.2 Å². The van der Waals surface area contributed by atoms with Crippen LogP contribution in [-0.4, -0.2) is 46.5 Å². The lowest BCUT2D eigenvalue weighted by Crippen LogP contribution is -2.46. The molecule has 0 saturated heterocycles. The number of thiophene rings is 4. The summed E-state index contributed by atoms with van der Waals surface area (Å²) in [6.07, 6.45) is 51.6. The second-order valence-corrected chi connectivity index (χ2v) is 36.9. The molecule has 0 aliphatic carbocycles. The van der Waals surface area contributed by atoms with Crippen LogP contribution in [0, 0.1) is 25.7 Å². The summed E-state index contributed by atoms with van der Waals surface area (Å²) in [5, 5.41) is 11.1. The quantitative estimate of drug-likeness (QED) is 0.0216. The molecule has 106 heavy (non-hydrogen) atoms. The van der Waals surface area contributed by atoms with Crippen molar-refractivity contribution in [3.8, 4) is 30.6 Å². The number of nitrogens with zero attached hydrogens (tertiary/aromatic N) is 2. The van der Waals surface area contributed by atoms with Crippen molar-refractivity contribution in [2.24, 2.45) is 11.8 Å². The molecule has 6 nitrogen and oxygen atoms in total. The molecule has 4 aromatic heterocycles. The average Bonchev–Trinajstić information content (AvgIpc) is 0.815. The first-order valence-electron chi connectivity index (χ1n) is 42.8. The summed E-state index contributed by atoms with van der Waals surface area (Å²) in [6.45, 7) is 14.1. The molecule has 566 valence electrons. The van der Waals surface area contributed by atoms with Gasteiger partial charge in [0.25, 0.3) is 23.6 Å². The van der Waals surface area contributed by atoms with E-state index in [2.05, 4.69) is 126 Å². The van der Waals surface area contributed by atoms with Crippen LogP contribution in [0.15, 0.2) is 97.1 Å². The number of carbonyl (C=O) groups is 4. The Bertz CT molecular complexity index is 4550. The van der Waals surface area contributed by atoms with Crippen LogP contribution in [0.5, 0.6) is 0 Å². The third-order valence-electron chi connectivity index (χ3n) is 24.0. The van der Waals surface area contributed by atoms with Crippen molar-refractivity contribution in [1.82, 2.24) is 9.80 Å². The molecular formula is C96H124N2O4S4. The minimum absolute atomic E-state index is 0.154. The molecule has 0 fully saturated rings. The van der Waals surface area contributed by atoms with Crippen molar-refractivity contribution in [2.75, 3.05) is 13.1 Å². The smallest absolute Gasteiger partial charge is 0.262 e. The number of hydrogen-bond acceptors (Lipinski definition) is 8. The van der Waals surface area contributed by atoms with E-state index in [1.54, 1.807) is 43.8 Å². The summed E-state index contributed by atoms with van der Waals surface area (Å²) in [5.41, 5.74) is 3.14. The van der Waals surface area contributed by atoms with E-state index < -0.39 is 0 Å². The Morgan fingerprint density at radius 1 is 0.264 bits per heavy atom. The van der Waals surface area contributed by atoms with Gasteiger partial charge < -0.3 is 0 Å². The molecule has 10 aromatic rings. The fourth-order valence-electron chi connectivity index (χ4n) is 17.9. The zero-order valence-corrected chi connectivity index (χ0v) is 68.9. The molecule has 6 heterocycles. The molecular weight excluding hydrogens is 1370 g/mol. The fraction of sp³-hybridized carbons (Fsp3) is 0.542. The van der Waals surface area contributed by atoms with Crippen molar-refractivity contribution < 1.29 is 19.2 Å². The van der Waals surface area contributed by atoms with E-state index >= 15 is 19.2 Å². The van der Waals surface area contributed by atoms with E-state index in [1.165, 1.54) is 250 Å². The predicted molar refractivity (Wildman–Crippen MR) is 463 cm³/mol. The van der Waals surface area contributed by atoms with Crippen molar-refractivity contribution in [3.05, 3.63) is 129 Å². The summed E-state index contributed by atoms with van der Waals surface area (Å²) in [6, 6.07) is 35.7. The van der Waals surface area contributed by atoms with Crippen LogP contribution in [-0.2, 0) is 0 Å². The van der Waals surface area contributed by atoms with Gasteiger partial charge in [-0.25, -0.2) is 0 Å². The molecule has 2 aliphatic rings. The predicted octanol–water partition coefficient (Wildman–Crippen LogP) is 31.4. The number of rotatable bonds is 49. The average molecular weight is 1500 g/mol. The van der Waals surface area contributed by atoms with E-state index in [1.807, 2.05) is 23.5 Å². The van der Waals surface area contributed by atoms with Crippen LogP contribution in [0.4, 0.5) is 0 Å². The van der Waals surface area contributed by atoms with E-state index in [0.717, 1.165) is 101 Å². The van der Waals surface area contributed by atoms with Crippen LogP contribution in [0.2, 0.25) is 0 Å². The number of unbranched alkanes of at least 4 members (excludes halogenated alkanes) is 34. The Morgan fingerprint density at radius 3 is 0.943 bits per heavy atom. The summed E-state index contributed by atoms with van der Waals surface area (Å²) in [7, 11) is 0. The number of amides is 4. The molecule has 0 N–H and O–H groups in total. The zero-order valence-electron chi connectivity index (χ0n) is 65.7. The maximum absolute atomic E-state index is 16.4. The van der Waals surface area contributed by atoms with E-state index in [4.69, 9.17) is 0 Å². The number of fused-ring (bicyclic) bond motifs is 9. The largest absolute Gasteiger partial charge is 0.274 e. The highest BCUT2D eigenvalue weighted by Crippen LogP contribution is 2.51. The number of benzene rings is 6. The van der Waals surface area contributed by atoms with Crippen LogP contribution in [0.25, 0.3) is 93.9 Å². The van der Waals surface area contributed by atoms with Crippen LogP contribution >= 0.6 is 45.3 Å². The Kier molecular flexibility index (Phi) is 30.1. The Labute approximate surface area is 652 Å². The first kappa shape index (κ1) is 79.5. The molecule has 12 rings (SSSR count). The third kappa shape index (κ3) is 19.4. The topological polar surface area (TPSA) is 74.8 Å². The summed E-state index contributed by atoms with van der Waals surface area (Å²) in [4.78, 5) is 74.5. The van der Waals surface area contributed by atoms with Gasteiger partial charge in [-0.1, -0.05) is 308 Å². The molecule has 0 bridgehead atoms. The monoisotopic (exact) mass is 1500 g/mol. The molecule has 4 amide bonds.